The van der Waals surface area contributed by atoms with E-state index < -0.39 is 11.6 Å². The van der Waals surface area contributed by atoms with Crippen molar-refractivity contribution in [3.63, 3.8) is 0 Å². The summed E-state index contributed by atoms with van der Waals surface area (Å²) >= 11 is 6.04. The van der Waals surface area contributed by atoms with Gasteiger partial charge in [-0.1, -0.05) is 24.6 Å². The zero-order valence-corrected chi connectivity index (χ0v) is 12.1. The molecular weight excluding hydrogens is 280 g/mol. The lowest BCUT2D eigenvalue weighted by atomic mass is 9.95. The van der Waals surface area contributed by atoms with Gasteiger partial charge < -0.3 is 5.32 Å². The van der Waals surface area contributed by atoms with Crippen molar-refractivity contribution in [2.75, 3.05) is 6.54 Å². The molecule has 2 rings (SSSR count). The lowest BCUT2D eigenvalue weighted by Gasteiger charge is -2.21. The normalized spacial score (nSPS) is 12.4. The fourth-order valence-corrected chi connectivity index (χ4v) is 2.46. The van der Waals surface area contributed by atoms with Crippen LogP contribution in [-0.2, 0) is 0 Å². The Bertz CT molecular complexity index is 593. The van der Waals surface area contributed by atoms with Gasteiger partial charge in [0.05, 0.1) is 6.04 Å². The van der Waals surface area contributed by atoms with E-state index in [1.807, 2.05) is 26.0 Å². The van der Waals surface area contributed by atoms with Gasteiger partial charge >= 0.3 is 0 Å². The molecule has 20 heavy (non-hydrogen) atoms. The molecule has 2 aromatic rings. The molecule has 0 fully saturated rings. The smallest absolute Gasteiger partial charge is 0.126 e. The third kappa shape index (κ3) is 3.35. The van der Waals surface area contributed by atoms with Gasteiger partial charge in [-0.05, 0) is 54.4 Å². The molecule has 0 aliphatic heterocycles. The maximum Gasteiger partial charge on any atom is 0.126 e. The highest BCUT2D eigenvalue weighted by Crippen LogP contribution is 2.28. The first kappa shape index (κ1) is 14.9. The van der Waals surface area contributed by atoms with Crippen molar-refractivity contribution in [3.8, 4) is 0 Å². The van der Waals surface area contributed by atoms with Crippen molar-refractivity contribution in [1.29, 1.82) is 0 Å². The highest BCUT2D eigenvalue weighted by molar-refractivity contribution is 6.30. The molecule has 1 atom stereocenters. The highest BCUT2D eigenvalue weighted by atomic mass is 35.5. The molecule has 0 spiro atoms. The van der Waals surface area contributed by atoms with Crippen LogP contribution in [0.3, 0.4) is 0 Å². The molecule has 0 amide bonds. The molecule has 1 nitrogen and oxygen atoms in total. The average molecular weight is 296 g/mol. The van der Waals surface area contributed by atoms with E-state index in [9.17, 15) is 8.78 Å². The number of halogens is 3. The summed E-state index contributed by atoms with van der Waals surface area (Å²) in [6.07, 6.45) is 0. The summed E-state index contributed by atoms with van der Waals surface area (Å²) in [5.74, 6) is -1.16. The van der Waals surface area contributed by atoms with Crippen LogP contribution in [0.5, 0.6) is 0 Å². The molecule has 2 aromatic carbocycles. The van der Waals surface area contributed by atoms with Gasteiger partial charge in [0, 0.05) is 11.1 Å². The van der Waals surface area contributed by atoms with E-state index in [-0.39, 0.29) is 6.04 Å². The summed E-state index contributed by atoms with van der Waals surface area (Å²) in [6.45, 7) is 4.57. The fraction of sp³-hybridized carbons (Fsp3) is 0.250. The Balaban J connectivity index is 2.52. The predicted octanol–water partition coefficient (Wildman–Crippen LogP) is 4.63. The number of hydrogen-bond acceptors (Lipinski definition) is 1. The minimum Gasteiger partial charge on any atom is -0.307 e. The van der Waals surface area contributed by atoms with E-state index in [0.29, 0.717) is 17.1 Å². The SMILES string of the molecule is CCNC(c1cc(F)cc(F)c1)c1cc(Cl)ccc1C. The van der Waals surface area contributed by atoms with Crippen LogP contribution >= 0.6 is 11.6 Å². The Morgan fingerprint density at radius 2 is 1.75 bits per heavy atom. The molecule has 0 bridgehead atoms. The molecule has 0 saturated heterocycles. The molecular formula is C16H16ClF2N. The number of hydrogen-bond donors (Lipinski definition) is 1. The monoisotopic (exact) mass is 295 g/mol. The van der Waals surface area contributed by atoms with Gasteiger partial charge in [0.25, 0.3) is 0 Å². The Kier molecular flexibility index (Phi) is 4.73. The lowest BCUT2D eigenvalue weighted by Crippen LogP contribution is -2.23. The summed E-state index contributed by atoms with van der Waals surface area (Å²) in [4.78, 5) is 0. The lowest BCUT2D eigenvalue weighted by molar-refractivity contribution is 0.565. The predicted molar refractivity (Wildman–Crippen MR) is 78.1 cm³/mol. The van der Waals surface area contributed by atoms with E-state index in [0.717, 1.165) is 17.2 Å². The van der Waals surface area contributed by atoms with Crippen molar-refractivity contribution in [2.24, 2.45) is 0 Å². The van der Waals surface area contributed by atoms with Gasteiger partial charge in [0.15, 0.2) is 0 Å². The number of nitrogens with one attached hydrogen (secondary N) is 1. The maximum absolute atomic E-state index is 13.4. The standard InChI is InChI=1S/C16H16ClF2N/c1-3-20-16(11-6-13(18)9-14(19)7-11)15-8-12(17)5-4-10(15)2/h4-9,16,20H,3H2,1-2H3. The van der Waals surface area contributed by atoms with Crippen LogP contribution in [0, 0.1) is 18.6 Å². The average Bonchev–Trinajstić information content (AvgIpc) is 2.38. The summed E-state index contributed by atoms with van der Waals surface area (Å²) in [5, 5.41) is 3.85. The first-order valence-corrected chi connectivity index (χ1v) is 6.84. The molecule has 0 aliphatic carbocycles. The Labute approximate surface area is 122 Å². The van der Waals surface area contributed by atoms with E-state index in [2.05, 4.69) is 5.32 Å². The largest absolute Gasteiger partial charge is 0.307 e. The van der Waals surface area contributed by atoms with Crippen LogP contribution < -0.4 is 5.32 Å². The minimum absolute atomic E-state index is 0.288. The van der Waals surface area contributed by atoms with Gasteiger partial charge in [-0.15, -0.1) is 0 Å². The van der Waals surface area contributed by atoms with E-state index in [1.54, 1.807) is 6.07 Å². The third-order valence-corrected chi connectivity index (χ3v) is 3.41. The molecule has 0 saturated carbocycles. The van der Waals surface area contributed by atoms with Crippen molar-refractivity contribution < 1.29 is 8.78 Å². The summed E-state index contributed by atoms with van der Waals surface area (Å²) in [5.41, 5.74) is 2.49. The highest BCUT2D eigenvalue weighted by Gasteiger charge is 2.17. The zero-order chi connectivity index (χ0) is 14.7. The van der Waals surface area contributed by atoms with Crippen molar-refractivity contribution in [3.05, 3.63) is 69.7 Å². The number of rotatable bonds is 4. The molecule has 1 N–H and O–H groups in total. The summed E-state index contributed by atoms with van der Waals surface area (Å²) in [7, 11) is 0. The summed E-state index contributed by atoms with van der Waals surface area (Å²) < 4.78 is 26.9. The van der Waals surface area contributed by atoms with Crippen LogP contribution in [-0.4, -0.2) is 6.54 Å². The minimum atomic E-state index is -0.581. The maximum atomic E-state index is 13.4. The Morgan fingerprint density at radius 3 is 2.35 bits per heavy atom. The van der Waals surface area contributed by atoms with E-state index >= 15 is 0 Å². The first-order valence-electron chi connectivity index (χ1n) is 6.46. The molecule has 4 heteroatoms. The topological polar surface area (TPSA) is 12.0 Å². The quantitative estimate of drug-likeness (QED) is 0.867. The first-order chi connectivity index (χ1) is 9.51. The Hall–Kier alpha value is -1.45. The summed E-state index contributed by atoms with van der Waals surface area (Å²) in [6, 6.07) is 8.80. The van der Waals surface area contributed by atoms with Crippen molar-refractivity contribution >= 4 is 11.6 Å². The molecule has 1 unspecified atom stereocenters. The molecule has 0 radical (unpaired) electrons. The van der Waals surface area contributed by atoms with Gasteiger partial charge in [-0.3, -0.25) is 0 Å². The van der Waals surface area contributed by atoms with E-state index in [4.69, 9.17) is 11.6 Å². The van der Waals surface area contributed by atoms with Crippen LogP contribution in [0.2, 0.25) is 5.02 Å². The van der Waals surface area contributed by atoms with Gasteiger partial charge in [-0.2, -0.15) is 0 Å². The van der Waals surface area contributed by atoms with Crippen LogP contribution in [0.4, 0.5) is 8.78 Å². The number of benzene rings is 2. The molecule has 0 heterocycles. The third-order valence-electron chi connectivity index (χ3n) is 3.18. The van der Waals surface area contributed by atoms with Crippen LogP contribution in [0.25, 0.3) is 0 Å². The van der Waals surface area contributed by atoms with Gasteiger partial charge in [0.1, 0.15) is 11.6 Å². The molecule has 0 aliphatic rings. The molecule has 0 aromatic heterocycles. The Morgan fingerprint density at radius 1 is 1.10 bits per heavy atom. The van der Waals surface area contributed by atoms with Gasteiger partial charge in [0.2, 0.25) is 0 Å². The van der Waals surface area contributed by atoms with E-state index in [1.165, 1.54) is 12.1 Å². The molecule has 106 valence electrons. The van der Waals surface area contributed by atoms with Crippen LogP contribution in [0.1, 0.15) is 29.7 Å². The second-order valence-corrected chi connectivity index (χ2v) is 5.13. The van der Waals surface area contributed by atoms with Crippen LogP contribution in [0.15, 0.2) is 36.4 Å². The zero-order valence-electron chi connectivity index (χ0n) is 11.4. The number of aryl methyl sites for hydroxylation is 1. The van der Waals surface area contributed by atoms with Crippen molar-refractivity contribution in [1.82, 2.24) is 5.32 Å². The fourth-order valence-electron chi connectivity index (χ4n) is 2.28. The second-order valence-electron chi connectivity index (χ2n) is 4.69. The van der Waals surface area contributed by atoms with Crippen molar-refractivity contribution in [2.45, 2.75) is 19.9 Å². The second kappa shape index (κ2) is 6.33. The van der Waals surface area contributed by atoms with Gasteiger partial charge in [-0.25, -0.2) is 8.78 Å².